The zero-order chi connectivity index (χ0) is 21.2. The number of halogens is 2. The van der Waals surface area contributed by atoms with Gasteiger partial charge in [-0.2, -0.15) is 9.67 Å². The van der Waals surface area contributed by atoms with E-state index in [0.717, 1.165) is 18.2 Å². The van der Waals surface area contributed by atoms with E-state index in [-0.39, 0.29) is 23.3 Å². The van der Waals surface area contributed by atoms with Crippen LogP contribution < -0.4 is 15.8 Å². The SMILES string of the molecule is CCNS(=O)(=O)c1ccc(Nc2nc(N)n(C(=O)c3c(F)cccc3F)n2)cc1. The van der Waals surface area contributed by atoms with Crippen LogP contribution in [-0.4, -0.2) is 35.6 Å². The van der Waals surface area contributed by atoms with Crippen LogP contribution in [0.25, 0.3) is 0 Å². The van der Waals surface area contributed by atoms with E-state index < -0.39 is 33.1 Å². The summed E-state index contributed by atoms with van der Waals surface area (Å²) in [5, 5.41) is 6.55. The number of carbonyl (C=O) groups excluding carboxylic acids is 1. The van der Waals surface area contributed by atoms with Gasteiger partial charge in [-0.15, -0.1) is 5.10 Å². The summed E-state index contributed by atoms with van der Waals surface area (Å²) in [5.41, 5.74) is 5.24. The van der Waals surface area contributed by atoms with Crippen LogP contribution in [0.5, 0.6) is 0 Å². The highest BCUT2D eigenvalue weighted by molar-refractivity contribution is 7.89. The molecule has 12 heteroatoms. The van der Waals surface area contributed by atoms with Crippen molar-refractivity contribution in [3.05, 3.63) is 59.7 Å². The zero-order valence-electron chi connectivity index (χ0n) is 15.1. The molecule has 0 aliphatic rings. The molecule has 0 unspecified atom stereocenters. The molecule has 9 nitrogen and oxygen atoms in total. The van der Waals surface area contributed by atoms with Crippen molar-refractivity contribution in [2.45, 2.75) is 11.8 Å². The average Bonchev–Trinajstić information content (AvgIpc) is 3.02. The molecule has 0 radical (unpaired) electrons. The molecule has 3 aromatic rings. The van der Waals surface area contributed by atoms with Gasteiger partial charge in [0.15, 0.2) is 0 Å². The number of carbonyl (C=O) groups is 1. The van der Waals surface area contributed by atoms with Gasteiger partial charge in [0.25, 0.3) is 5.91 Å². The summed E-state index contributed by atoms with van der Waals surface area (Å²) in [7, 11) is -3.60. The Labute approximate surface area is 164 Å². The second-order valence-electron chi connectivity index (χ2n) is 5.76. The van der Waals surface area contributed by atoms with Gasteiger partial charge in [0.2, 0.25) is 21.9 Å². The first-order valence-electron chi connectivity index (χ1n) is 8.31. The molecule has 29 heavy (non-hydrogen) atoms. The molecule has 0 saturated carbocycles. The number of aromatic nitrogens is 3. The molecular formula is C17H16F2N6O3S. The normalized spacial score (nSPS) is 11.4. The maximum Gasteiger partial charge on any atom is 0.287 e. The van der Waals surface area contributed by atoms with Crippen LogP contribution >= 0.6 is 0 Å². The van der Waals surface area contributed by atoms with Crippen LogP contribution in [0.4, 0.5) is 26.4 Å². The number of nitrogens with one attached hydrogen (secondary N) is 2. The Kier molecular flexibility index (Phi) is 5.57. The van der Waals surface area contributed by atoms with Gasteiger partial charge in [-0.25, -0.2) is 21.9 Å². The molecular weight excluding hydrogens is 406 g/mol. The predicted molar refractivity (Wildman–Crippen MR) is 101 cm³/mol. The molecule has 152 valence electrons. The van der Waals surface area contributed by atoms with E-state index >= 15 is 0 Å². The standard InChI is InChI=1S/C17H16F2N6O3S/c1-2-21-29(27,28)11-8-6-10(7-9-11)22-17-23-16(20)25(24-17)15(26)14-12(18)4-3-5-13(14)19/h3-9,21H,2H2,1H3,(H3,20,22,23,24). The van der Waals surface area contributed by atoms with Gasteiger partial charge in [-0.05, 0) is 36.4 Å². The van der Waals surface area contributed by atoms with E-state index in [4.69, 9.17) is 5.73 Å². The fourth-order valence-electron chi connectivity index (χ4n) is 2.45. The van der Waals surface area contributed by atoms with E-state index in [2.05, 4.69) is 20.1 Å². The molecule has 3 rings (SSSR count). The van der Waals surface area contributed by atoms with Gasteiger partial charge in [-0.1, -0.05) is 13.0 Å². The number of nitrogens with two attached hydrogens (primary N) is 1. The molecule has 0 atom stereocenters. The molecule has 1 heterocycles. The van der Waals surface area contributed by atoms with Crippen LogP contribution in [0.2, 0.25) is 0 Å². The Bertz CT molecular complexity index is 1140. The minimum absolute atomic E-state index is 0.0631. The number of sulfonamides is 1. The van der Waals surface area contributed by atoms with Crippen molar-refractivity contribution in [3.8, 4) is 0 Å². The number of anilines is 3. The Hall–Kier alpha value is -3.38. The minimum Gasteiger partial charge on any atom is -0.368 e. The molecule has 0 aliphatic carbocycles. The average molecular weight is 422 g/mol. The van der Waals surface area contributed by atoms with Crippen LogP contribution in [0.1, 0.15) is 17.3 Å². The second kappa shape index (κ2) is 7.93. The van der Waals surface area contributed by atoms with Gasteiger partial charge in [0.1, 0.15) is 17.2 Å². The molecule has 1 aromatic heterocycles. The molecule has 0 aliphatic heterocycles. The monoisotopic (exact) mass is 422 g/mol. The molecule has 0 fully saturated rings. The summed E-state index contributed by atoms with van der Waals surface area (Å²) in [6.45, 7) is 1.91. The van der Waals surface area contributed by atoms with Gasteiger partial charge < -0.3 is 11.1 Å². The summed E-state index contributed by atoms with van der Waals surface area (Å²) in [6, 6.07) is 8.64. The topological polar surface area (TPSA) is 132 Å². The van der Waals surface area contributed by atoms with Crippen LogP contribution in [0, 0.1) is 11.6 Å². The number of nitrogens with zero attached hydrogens (tertiary/aromatic N) is 3. The fourth-order valence-corrected chi connectivity index (χ4v) is 3.50. The summed E-state index contributed by atoms with van der Waals surface area (Å²) in [5.74, 6) is -3.74. The second-order valence-corrected chi connectivity index (χ2v) is 7.52. The zero-order valence-corrected chi connectivity index (χ0v) is 15.9. The lowest BCUT2D eigenvalue weighted by atomic mass is 10.2. The summed E-state index contributed by atoms with van der Waals surface area (Å²) in [6.07, 6.45) is 0. The number of nitrogen functional groups attached to an aromatic ring is 1. The molecule has 2 aromatic carbocycles. The first-order chi connectivity index (χ1) is 13.7. The largest absolute Gasteiger partial charge is 0.368 e. The van der Waals surface area contributed by atoms with Crippen LogP contribution in [-0.2, 0) is 10.0 Å². The maximum atomic E-state index is 13.8. The van der Waals surface area contributed by atoms with Gasteiger partial charge >= 0.3 is 0 Å². The third-order valence-electron chi connectivity index (χ3n) is 3.76. The van der Waals surface area contributed by atoms with Crippen molar-refractivity contribution in [2.24, 2.45) is 0 Å². The van der Waals surface area contributed by atoms with E-state index in [0.29, 0.717) is 10.4 Å². The molecule has 0 spiro atoms. The molecule has 0 bridgehead atoms. The highest BCUT2D eigenvalue weighted by atomic mass is 32.2. The van der Waals surface area contributed by atoms with Crippen molar-refractivity contribution in [2.75, 3.05) is 17.6 Å². The summed E-state index contributed by atoms with van der Waals surface area (Å²) >= 11 is 0. The lowest BCUT2D eigenvalue weighted by molar-refractivity contribution is 0.0939. The van der Waals surface area contributed by atoms with E-state index in [1.54, 1.807) is 6.92 Å². The Morgan fingerprint density at radius 3 is 2.34 bits per heavy atom. The van der Waals surface area contributed by atoms with Crippen molar-refractivity contribution in [1.29, 1.82) is 0 Å². The van der Waals surface area contributed by atoms with Crippen molar-refractivity contribution < 1.29 is 22.0 Å². The highest BCUT2D eigenvalue weighted by Crippen LogP contribution is 2.19. The summed E-state index contributed by atoms with van der Waals surface area (Å²) in [4.78, 5) is 16.3. The highest BCUT2D eigenvalue weighted by Gasteiger charge is 2.23. The fraction of sp³-hybridized carbons (Fsp3) is 0.118. The molecule has 0 amide bonds. The predicted octanol–water partition coefficient (Wildman–Crippen LogP) is 1.87. The lowest BCUT2D eigenvalue weighted by Gasteiger charge is -2.06. The quantitative estimate of drug-likeness (QED) is 0.552. The van der Waals surface area contributed by atoms with Gasteiger partial charge in [0.05, 0.1) is 4.90 Å². The Morgan fingerprint density at radius 2 is 1.76 bits per heavy atom. The van der Waals surface area contributed by atoms with E-state index in [1.807, 2.05) is 0 Å². The Balaban J connectivity index is 1.83. The third kappa shape index (κ3) is 4.22. The van der Waals surface area contributed by atoms with Crippen molar-refractivity contribution in [1.82, 2.24) is 19.5 Å². The molecule has 4 N–H and O–H groups in total. The third-order valence-corrected chi connectivity index (χ3v) is 5.32. The smallest absolute Gasteiger partial charge is 0.287 e. The van der Waals surface area contributed by atoms with Crippen molar-refractivity contribution in [3.63, 3.8) is 0 Å². The Morgan fingerprint density at radius 1 is 1.14 bits per heavy atom. The van der Waals surface area contributed by atoms with Gasteiger partial charge in [0, 0.05) is 12.2 Å². The first kappa shape index (κ1) is 20.4. The van der Waals surface area contributed by atoms with E-state index in [1.165, 1.54) is 24.3 Å². The maximum absolute atomic E-state index is 13.8. The first-order valence-corrected chi connectivity index (χ1v) is 9.79. The van der Waals surface area contributed by atoms with Gasteiger partial charge in [-0.3, -0.25) is 4.79 Å². The number of benzene rings is 2. The summed E-state index contributed by atoms with van der Waals surface area (Å²) < 4.78 is 54.5. The molecule has 0 saturated heterocycles. The minimum atomic E-state index is -3.60. The number of hydrogen-bond acceptors (Lipinski definition) is 7. The van der Waals surface area contributed by atoms with Crippen molar-refractivity contribution >= 4 is 33.5 Å². The van der Waals surface area contributed by atoms with E-state index in [9.17, 15) is 22.0 Å². The number of rotatable bonds is 6. The van der Waals surface area contributed by atoms with Crippen LogP contribution in [0.3, 0.4) is 0 Å². The van der Waals surface area contributed by atoms with Crippen LogP contribution in [0.15, 0.2) is 47.4 Å². The lowest BCUT2D eigenvalue weighted by Crippen LogP contribution is -2.22. The number of hydrogen-bond donors (Lipinski definition) is 3.